The average Bonchev–Trinajstić information content (AvgIpc) is 2.44. The number of anilines is 2. The van der Waals surface area contributed by atoms with Crippen LogP contribution in [0.15, 0.2) is 42.6 Å². The zero-order valence-corrected chi connectivity index (χ0v) is 11.3. The highest BCUT2D eigenvalue weighted by molar-refractivity contribution is 5.73. The summed E-state index contributed by atoms with van der Waals surface area (Å²) in [6, 6.07) is 11.7. The molecule has 0 spiro atoms. The van der Waals surface area contributed by atoms with Gasteiger partial charge in [0.1, 0.15) is 5.75 Å². The molecule has 0 fully saturated rings. The molecule has 100 valence electrons. The number of nitrogens with one attached hydrogen (secondary N) is 1. The molecule has 4 nitrogen and oxygen atoms in total. The Kier molecular flexibility index (Phi) is 4.23. The second kappa shape index (κ2) is 6.09. The first-order chi connectivity index (χ1) is 9.22. The molecule has 3 N–H and O–H groups in total. The van der Waals surface area contributed by atoms with Crippen molar-refractivity contribution in [1.29, 1.82) is 0 Å². The van der Waals surface area contributed by atoms with Crippen molar-refractivity contribution in [2.45, 2.75) is 19.9 Å². The molecule has 2 aromatic rings. The Morgan fingerprint density at radius 3 is 2.79 bits per heavy atom. The number of ether oxygens (including phenoxy) is 1. The molecule has 0 aliphatic rings. The fraction of sp³-hybridized carbons (Fsp3) is 0.267. The van der Waals surface area contributed by atoms with Gasteiger partial charge in [0.05, 0.1) is 29.7 Å². The van der Waals surface area contributed by atoms with Crippen molar-refractivity contribution in [2.75, 3.05) is 17.7 Å². The minimum absolute atomic E-state index is 0.0837. The Balaban J connectivity index is 2.17. The average molecular weight is 257 g/mol. The number of pyridine rings is 1. The standard InChI is InChI=1S/C15H19N3O/c1-3-19-14-9-6-8-13(15(14)16)18-11(2)12-7-4-5-10-17-12/h4-11,18H,3,16H2,1-2H3. The predicted octanol–water partition coefficient (Wildman–Crippen LogP) is 3.24. The van der Waals surface area contributed by atoms with Crippen molar-refractivity contribution < 1.29 is 4.74 Å². The first-order valence-electron chi connectivity index (χ1n) is 6.41. The van der Waals surface area contributed by atoms with Crippen LogP contribution in [-0.4, -0.2) is 11.6 Å². The largest absolute Gasteiger partial charge is 0.492 e. The van der Waals surface area contributed by atoms with Gasteiger partial charge in [-0.3, -0.25) is 4.98 Å². The number of aromatic nitrogens is 1. The van der Waals surface area contributed by atoms with E-state index in [1.807, 2.05) is 43.3 Å². The third-order valence-electron chi connectivity index (χ3n) is 2.87. The van der Waals surface area contributed by atoms with Crippen LogP contribution in [0.1, 0.15) is 25.6 Å². The molecule has 1 atom stereocenters. The number of para-hydroxylation sites is 1. The van der Waals surface area contributed by atoms with Gasteiger partial charge in [0, 0.05) is 6.20 Å². The maximum Gasteiger partial charge on any atom is 0.144 e. The van der Waals surface area contributed by atoms with E-state index in [4.69, 9.17) is 10.5 Å². The predicted molar refractivity (Wildman–Crippen MR) is 78.3 cm³/mol. The molecule has 2 rings (SSSR count). The van der Waals surface area contributed by atoms with Crippen LogP contribution < -0.4 is 15.8 Å². The third-order valence-corrected chi connectivity index (χ3v) is 2.87. The molecule has 19 heavy (non-hydrogen) atoms. The van der Waals surface area contributed by atoms with Gasteiger partial charge in [-0.05, 0) is 38.1 Å². The summed E-state index contributed by atoms with van der Waals surface area (Å²) in [6.07, 6.45) is 1.79. The fourth-order valence-electron chi connectivity index (χ4n) is 1.89. The molecule has 1 heterocycles. The molecule has 0 amide bonds. The van der Waals surface area contributed by atoms with Gasteiger partial charge in [0.25, 0.3) is 0 Å². The van der Waals surface area contributed by atoms with E-state index < -0.39 is 0 Å². The van der Waals surface area contributed by atoms with Crippen LogP contribution in [0.4, 0.5) is 11.4 Å². The monoisotopic (exact) mass is 257 g/mol. The molecule has 1 aromatic heterocycles. The second-order valence-corrected chi connectivity index (χ2v) is 4.27. The summed E-state index contributed by atoms with van der Waals surface area (Å²) in [4.78, 5) is 4.33. The van der Waals surface area contributed by atoms with Crippen LogP contribution in [0, 0.1) is 0 Å². The molecule has 4 heteroatoms. The molecule has 0 bridgehead atoms. The SMILES string of the molecule is CCOc1cccc(NC(C)c2ccccn2)c1N. The lowest BCUT2D eigenvalue weighted by Crippen LogP contribution is -2.10. The summed E-state index contributed by atoms with van der Waals surface area (Å²) in [5, 5.41) is 3.36. The van der Waals surface area contributed by atoms with Crippen LogP contribution in [0.3, 0.4) is 0 Å². The fourth-order valence-corrected chi connectivity index (χ4v) is 1.89. The van der Waals surface area contributed by atoms with Gasteiger partial charge in [0.15, 0.2) is 0 Å². The van der Waals surface area contributed by atoms with E-state index >= 15 is 0 Å². The van der Waals surface area contributed by atoms with Crippen molar-refractivity contribution in [3.8, 4) is 5.75 Å². The lowest BCUT2D eigenvalue weighted by atomic mass is 10.2. The highest BCUT2D eigenvalue weighted by atomic mass is 16.5. The molecular weight excluding hydrogens is 238 g/mol. The molecule has 1 unspecified atom stereocenters. The van der Waals surface area contributed by atoms with E-state index in [9.17, 15) is 0 Å². The van der Waals surface area contributed by atoms with E-state index in [2.05, 4.69) is 17.2 Å². The summed E-state index contributed by atoms with van der Waals surface area (Å²) in [7, 11) is 0. The summed E-state index contributed by atoms with van der Waals surface area (Å²) in [5.74, 6) is 0.709. The molecule has 1 aromatic carbocycles. The van der Waals surface area contributed by atoms with Crippen molar-refractivity contribution in [3.05, 3.63) is 48.3 Å². The quantitative estimate of drug-likeness (QED) is 0.807. The Morgan fingerprint density at radius 1 is 1.26 bits per heavy atom. The summed E-state index contributed by atoms with van der Waals surface area (Å²) >= 11 is 0. The van der Waals surface area contributed by atoms with Crippen LogP contribution >= 0.6 is 0 Å². The highest BCUT2D eigenvalue weighted by Gasteiger charge is 2.10. The smallest absolute Gasteiger partial charge is 0.144 e. The Morgan fingerprint density at radius 2 is 2.11 bits per heavy atom. The third kappa shape index (κ3) is 3.16. The lowest BCUT2D eigenvalue weighted by Gasteiger charge is -2.18. The van der Waals surface area contributed by atoms with Gasteiger partial charge < -0.3 is 15.8 Å². The number of hydrogen-bond acceptors (Lipinski definition) is 4. The van der Waals surface area contributed by atoms with E-state index in [-0.39, 0.29) is 6.04 Å². The zero-order chi connectivity index (χ0) is 13.7. The number of nitrogen functional groups attached to an aromatic ring is 1. The molecule has 0 saturated carbocycles. The Bertz CT molecular complexity index is 528. The van der Waals surface area contributed by atoms with Crippen LogP contribution in [-0.2, 0) is 0 Å². The van der Waals surface area contributed by atoms with Gasteiger partial charge in [-0.25, -0.2) is 0 Å². The van der Waals surface area contributed by atoms with E-state index in [1.165, 1.54) is 0 Å². The maximum absolute atomic E-state index is 6.09. The Labute approximate surface area is 113 Å². The number of nitrogens with two attached hydrogens (primary N) is 1. The van der Waals surface area contributed by atoms with Crippen LogP contribution in [0.5, 0.6) is 5.75 Å². The Hall–Kier alpha value is -2.23. The van der Waals surface area contributed by atoms with Gasteiger partial charge in [-0.15, -0.1) is 0 Å². The first-order valence-corrected chi connectivity index (χ1v) is 6.41. The number of benzene rings is 1. The minimum Gasteiger partial charge on any atom is -0.492 e. The van der Waals surface area contributed by atoms with Crippen molar-refractivity contribution in [1.82, 2.24) is 4.98 Å². The van der Waals surface area contributed by atoms with Gasteiger partial charge in [-0.2, -0.15) is 0 Å². The summed E-state index contributed by atoms with van der Waals surface area (Å²) in [6.45, 7) is 4.59. The normalized spacial score (nSPS) is 11.9. The van der Waals surface area contributed by atoms with Crippen molar-refractivity contribution in [3.63, 3.8) is 0 Å². The highest BCUT2D eigenvalue weighted by Crippen LogP contribution is 2.31. The maximum atomic E-state index is 6.09. The number of rotatable bonds is 5. The molecule has 0 radical (unpaired) electrons. The molecule has 0 aliphatic carbocycles. The molecule has 0 saturated heterocycles. The zero-order valence-electron chi connectivity index (χ0n) is 11.3. The molecular formula is C15H19N3O. The van der Waals surface area contributed by atoms with Crippen LogP contribution in [0.2, 0.25) is 0 Å². The van der Waals surface area contributed by atoms with E-state index in [0.29, 0.717) is 18.0 Å². The van der Waals surface area contributed by atoms with Crippen LogP contribution in [0.25, 0.3) is 0 Å². The second-order valence-electron chi connectivity index (χ2n) is 4.27. The number of hydrogen-bond donors (Lipinski definition) is 2. The van der Waals surface area contributed by atoms with Crippen molar-refractivity contribution >= 4 is 11.4 Å². The van der Waals surface area contributed by atoms with Gasteiger partial charge in [0.2, 0.25) is 0 Å². The summed E-state index contributed by atoms with van der Waals surface area (Å²) in [5.41, 5.74) is 8.56. The van der Waals surface area contributed by atoms with Crippen molar-refractivity contribution in [2.24, 2.45) is 0 Å². The topological polar surface area (TPSA) is 60.2 Å². The summed E-state index contributed by atoms with van der Waals surface area (Å²) < 4.78 is 5.48. The minimum atomic E-state index is 0.0837. The van der Waals surface area contributed by atoms with Gasteiger partial charge >= 0.3 is 0 Å². The van der Waals surface area contributed by atoms with E-state index in [1.54, 1.807) is 6.20 Å². The molecule has 0 aliphatic heterocycles. The van der Waals surface area contributed by atoms with Gasteiger partial charge in [-0.1, -0.05) is 12.1 Å². The van der Waals surface area contributed by atoms with E-state index in [0.717, 1.165) is 11.4 Å². The first kappa shape index (κ1) is 13.2. The number of nitrogens with zero attached hydrogens (tertiary/aromatic N) is 1. The lowest BCUT2D eigenvalue weighted by molar-refractivity contribution is 0.342.